The summed E-state index contributed by atoms with van der Waals surface area (Å²) < 4.78 is 0. The summed E-state index contributed by atoms with van der Waals surface area (Å²) in [6.07, 6.45) is 7.67. The maximum atomic E-state index is 2.33. The van der Waals surface area contributed by atoms with Crippen molar-refractivity contribution in [3.63, 3.8) is 0 Å². The maximum Gasteiger partial charge on any atom is 1.00 e. The minimum Gasteiger partial charge on any atom is -0.358 e. The van der Waals surface area contributed by atoms with Crippen molar-refractivity contribution < 1.29 is 58.2 Å². The minimum atomic E-state index is 0. The van der Waals surface area contributed by atoms with Crippen molar-refractivity contribution in [1.29, 1.82) is 0 Å². The van der Waals surface area contributed by atoms with Gasteiger partial charge in [-0.15, -0.1) is 0 Å². The fourth-order valence-electron chi connectivity index (χ4n) is 0.875. The Morgan fingerprint density at radius 3 is 2.27 bits per heavy atom. The van der Waals surface area contributed by atoms with Crippen molar-refractivity contribution in [3.8, 4) is 0 Å². The summed E-state index contributed by atoms with van der Waals surface area (Å²) in [5.41, 5.74) is 0. The van der Waals surface area contributed by atoms with E-state index >= 15 is 0 Å². The van der Waals surface area contributed by atoms with Crippen molar-refractivity contribution in [2.24, 2.45) is 5.92 Å². The summed E-state index contributed by atoms with van der Waals surface area (Å²) in [6, 6.07) is 0. The first-order valence-electron chi connectivity index (χ1n) is 4.09. The second-order valence-corrected chi connectivity index (χ2v) is 2.85. The van der Waals surface area contributed by atoms with E-state index in [9.17, 15) is 0 Å². The third kappa shape index (κ3) is 14.6. The Labute approximate surface area is 122 Å². The van der Waals surface area contributed by atoms with E-state index in [1.165, 1.54) is 25.7 Å². The van der Waals surface area contributed by atoms with Gasteiger partial charge in [0.2, 0.25) is 0 Å². The SMILES string of the molecule is C[CH-]CCCC(C)CC.[CH3-].[Rb+]. The molecule has 0 spiro atoms. The van der Waals surface area contributed by atoms with Gasteiger partial charge in [0.1, 0.15) is 0 Å². The fourth-order valence-corrected chi connectivity index (χ4v) is 0.875. The van der Waals surface area contributed by atoms with E-state index in [0.717, 1.165) is 5.92 Å². The summed E-state index contributed by atoms with van der Waals surface area (Å²) in [5, 5.41) is 0. The van der Waals surface area contributed by atoms with Gasteiger partial charge in [0.05, 0.1) is 0 Å². The van der Waals surface area contributed by atoms with Crippen LogP contribution in [0.25, 0.3) is 0 Å². The molecule has 1 heteroatoms. The molecule has 11 heavy (non-hydrogen) atoms. The fraction of sp³-hybridized carbons (Fsp3) is 0.800. The standard InChI is InChI=1S/C9H19.CH3.Rb/c1-4-6-7-8-9(3)5-2;;/h4,9H,5-8H2,1-3H3;1H3;/q2*-1;+1. The van der Waals surface area contributed by atoms with Crippen molar-refractivity contribution in [1.82, 2.24) is 0 Å². The Morgan fingerprint density at radius 1 is 1.36 bits per heavy atom. The summed E-state index contributed by atoms with van der Waals surface area (Å²) in [6.45, 7) is 6.73. The molecule has 0 aromatic rings. The molecule has 1 unspecified atom stereocenters. The van der Waals surface area contributed by atoms with Gasteiger partial charge >= 0.3 is 58.2 Å². The van der Waals surface area contributed by atoms with Crippen LogP contribution in [0.5, 0.6) is 0 Å². The Kier molecular flexibility index (Phi) is 24.2. The molecule has 0 aliphatic carbocycles. The van der Waals surface area contributed by atoms with E-state index in [2.05, 4.69) is 27.2 Å². The van der Waals surface area contributed by atoms with Crippen molar-refractivity contribution >= 4 is 0 Å². The zero-order chi connectivity index (χ0) is 7.11. The zero-order valence-electron chi connectivity index (χ0n) is 8.98. The summed E-state index contributed by atoms with van der Waals surface area (Å²) in [4.78, 5) is 0. The quantitative estimate of drug-likeness (QED) is 0.483. The molecule has 0 aliphatic heterocycles. The van der Waals surface area contributed by atoms with Gasteiger partial charge in [-0.1, -0.05) is 33.1 Å². The van der Waals surface area contributed by atoms with Crippen LogP contribution in [-0.2, 0) is 0 Å². The largest absolute Gasteiger partial charge is 1.00 e. The topological polar surface area (TPSA) is 0 Å². The molecule has 0 bridgehead atoms. The predicted octanol–water partition coefficient (Wildman–Crippen LogP) is 0.881. The van der Waals surface area contributed by atoms with Crippen molar-refractivity contribution in [2.75, 3.05) is 0 Å². The average molecular weight is 228 g/mol. The monoisotopic (exact) mass is 227 g/mol. The van der Waals surface area contributed by atoms with Crippen molar-refractivity contribution in [2.45, 2.75) is 46.5 Å². The zero-order valence-corrected chi connectivity index (χ0v) is 13.9. The molecule has 0 aromatic heterocycles. The first kappa shape index (κ1) is 18.6. The maximum absolute atomic E-state index is 2.33. The average Bonchev–Trinajstić information content (AvgIpc) is 1.89. The Bertz CT molecular complexity index is 52.8. The number of rotatable bonds is 5. The van der Waals surface area contributed by atoms with Crippen LogP contribution in [0.1, 0.15) is 46.5 Å². The third-order valence-corrected chi connectivity index (χ3v) is 1.89. The van der Waals surface area contributed by atoms with E-state index in [1.54, 1.807) is 0 Å². The molecular formula is C10H22Rb-. The molecule has 64 valence electrons. The molecule has 0 heterocycles. The third-order valence-electron chi connectivity index (χ3n) is 1.89. The van der Waals surface area contributed by atoms with Gasteiger partial charge in [-0.3, -0.25) is 0 Å². The Hall–Kier alpha value is 1.81. The molecular weight excluding hydrogens is 206 g/mol. The minimum absolute atomic E-state index is 0. The molecule has 0 fully saturated rings. The van der Waals surface area contributed by atoms with Crippen molar-refractivity contribution in [3.05, 3.63) is 13.8 Å². The van der Waals surface area contributed by atoms with E-state index in [0.29, 0.717) is 0 Å². The smallest absolute Gasteiger partial charge is 0.358 e. The molecule has 0 aliphatic rings. The second kappa shape index (κ2) is 14.3. The first-order valence-corrected chi connectivity index (χ1v) is 4.09. The van der Waals surface area contributed by atoms with E-state index in [1.807, 2.05) is 0 Å². The van der Waals surface area contributed by atoms with Gasteiger partial charge in [-0.05, 0) is 5.92 Å². The van der Waals surface area contributed by atoms with Gasteiger partial charge in [-0.2, -0.15) is 13.3 Å². The number of unbranched alkanes of at least 4 members (excludes halogenated alkanes) is 2. The van der Waals surface area contributed by atoms with Crippen LogP contribution in [0.3, 0.4) is 0 Å². The van der Waals surface area contributed by atoms with Gasteiger partial charge in [0.25, 0.3) is 0 Å². The molecule has 1 atom stereocenters. The van der Waals surface area contributed by atoms with Crippen LogP contribution in [0, 0.1) is 19.8 Å². The first-order chi connectivity index (χ1) is 4.31. The van der Waals surface area contributed by atoms with Crippen LogP contribution in [0.4, 0.5) is 0 Å². The normalized spacial score (nSPS) is 11.2. The summed E-state index contributed by atoms with van der Waals surface area (Å²) >= 11 is 0. The van der Waals surface area contributed by atoms with Crippen LogP contribution < -0.4 is 58.2 Å². The van der Waals surface area contributed by atoms with Gasteiger partial charge in [0, 0.05) is 0 Å². The molecule has 0 radical (unpaired) electrons. The summed E-state index contributed by atoms with van der Waals surface area (Å²) in [5.74, 6) is 0.935. The van der Waals surface area contributed by atoms with Crippen LogP contribution in [0.15, 0.2) is 0 Å². The predicted molar refractivity (Wildman–Crippen MR) is 49.7 cm³/mol. The number of hydrogen-bond acceptors (Lipinski definition) is 0. The van der Waals surface area contributed by atoms with Gasteiger partial charge < -0.3 is 13.8 Å². The molecule has 0 N–H and O–H groups in total. The Balaban J connectivity index is -0.000000320. The van der Waals surface area contributed by atoms with E-state index < -0.39 is 0 Å². The molecule has 0 saturated carbocycles. The van der Waals surface area contributed by atoms with E-state index in [-0.39, 0.29) is 65.6 Å². The molecule has 0 amide bonds. The molecule has 0 nitrogen and oxygen atoms in total. The molecule has 0 rings (SSSR count). The second-order valence-electron chi connectivity index (χ2n) is 2.85. The number of hydrogen-bond donors (Lipinski definition) is 0. The summed E-state index contributed by atoms with van der Waals surface area (Å²) in [7, 11) is 0. The van der Waals surface area contributed by atoms with Crippen LogP contribution in [0.2, 0.25) is 0 Å². The molecule has 0 saturated heterocycles. The van der Waals surface area contributed by atoms with Crippen LogP contribution in [-0.4, -0.2) is 0 Å². The molecule has 0 aromatic carbocycles. The van der Waals surface area contributed by atoms with E-state index in [4.69, 9.17) is 0 Å². The van der Waals surface area contributed by atoms with Crippen LogP contribution >= 0.6 is 0 Å². The Morgan fingerprint density at radius 2 is 1.91 bits per heavy atom. The van der Waals surface area contributed by atoms with Gasteiger partial charge in [0.15, 0.2) is 0 Å². The van der Waals surface area contributed by atoms with Gasteiger partial charge in [-0.25, -0.2) is 0 Å².